The van der Waals surface area contributed by atoms with E-state index in [-0.39, 0.29) is 5.88 Å². The summed E-state index contributed by atoms with van der Waals surface area (Å²) in [6.07, 6.45) is 0. The fourth-order valence-electron chi connectivity index (χ4n) is 1.09. The van der Waals surface area contributed by atoms with Crippen molar-refractivity contribution in [3.63, 3.8) is 0 Å². The van der Waals surface area contributed by atoms with Crippen LogP contribution in [0.2, 0.25) is 0 Å². The van der Waals surface area contributed by atoms with E-state index in [2.05, 4.69) is 20.6 Å². The quantitative estimate of drug-likeness (QED) is 0.807. The van der Waals surface area contributed by atoms with Crippen LogP contribution in [-0.2, 0) is 12.9 Å². The SMILES string of the molecule is Cc1cc(Nc2nnc(CCl)o2)nn1C. The summed E-state index contributed by atoms with van der Waals surface area (Å²) in [5.41, 5.74) is 1.04. The molecule has 0 aliphatic heterocycles. The van der Waals surface area contributed by atoms with Gasteiger partial charge >= 0.3 is 6.01 Å². The van der Waals surface area contributed by atoms with Crippen molar-refractivity contribution in [2.45, 2.75) is 12.8 Å². The third kappa shape index (κ3) is 2.10. The van der Waals surface area contributed by atoms with Gasteiger partial charge in [-0.25, -0.2) is 0 Å². The number of hydrogen-bond donors (Lipinski definition) is 1. The second-order valence-electron chi connectivity index (χ2n) is 3.05. The van der Waals surface area contributed by atoms with Gasteiger partial charge in [-0.05, 0) is 6.92 Å². The largest absolute Gasteiger partial charge is 0.407 e. The van der Waals surface area contributed by atoms with E-state index in [4.69, 9.17) is 16.0 Å². The van der Waals surface area contributed by atoms with Crippen LogP contribution in [0.1, 0.15) is 11.6 Å². The lowest BCUT2D eigenvalue weighted by Gasteiger charge is -1.93. The van der Waals surface area contributed by atoms with Crippen molar-refractivity contribution in [3.05, 3.63) is 17.7 Å². The highest BCUT2D eigenvalue weighted by Crippen LogP contribution is 2.14. The summed E-state index contributed by atoms with van der Waals surface area (Å²) in [4.78, 5) is 0. The molecule has 0 bridgehead atoms. The summed E-state index contributed by atoms with van der Waals surface area (Å²) in [5, 5.41) is 14.5. The second kappa shape index (κ2) is 3.90. The average Bonchev–Trinajstić information content (AvgIpc) is 2.76. The van der Waals surface area contributed by atoms with Gasteiger partial charge in [0.25, 0.3) is 0 Å². The van der Waals surface area contributed by atoms with Gasteiger partial charge in [-0.1, -0.05) is 5.10 Å². The molecule has 6 nitrogen and oxygen atoms in total. The minimum absolute atomic E-state index is 0.204. The summed E-state index contributed by atoms with van der Waals surface area (Å²) < 4.78 is 6.92. The Hall–Kier alpha value is -1.56. The maximum atomic E-state index is 5.53. The maximum Gasteiger partial charge on any atom is 0.321 e. The van der Waals surface area contributed by atoms with E-state index in [0.717, 1.165) is 5.69 Å². The van der Waals surface area contributed by atoms with Crippen molar-refractivity contribution in [2.75, 3.05) is 5.32 Å². The zero-order chi connectivity index (χ0) is 10.8. The smallest absolute Gasteiger partial charge is 0.321 e. The lowest BCUT2D eigenvalue weighted by Crippen LogP contribution is -1.95. The summed E-state index contributed by atoms with van der Waals surface area (Å²) in [6, 6.07) is 2.17. The maximum absolute atomic E-state index is 5.53. The topological polar surface area (TPSA) is 68.8 Å². The third-order valence-electron chi connectivity index (χ3n) is 1.93. The highest BCUT2D eigenvalue weighted by molar-refractivity contribution is 6.16. The molecule has 0 atom stereocenters. The van der Waals surface area contributed by atoms with Crippen LogP contribution in [0, 0.1) is 6.92 Å². The van der Waals surface area contributed by atoms with Crippen LogP contribution in [0.15, 0.2) is 10.5 Å². The molecule has 0 radical (unpaired) electrons. The molecule has 0 spiro atoms. The highest BCUT2D eigenvalue weighted by atomic mass is 35.5. The van der Waals surface area contributed by atoms with E-state index >= 15 is 0 Å². The normalized spacial score (nSPS) is 10.6. The standard InChI is InChI=1S/C8H10ClN5O/c1-5-3-6(13-14(5)2)10-8-12-11-7(4-9)15-8/h3H,4H2,1-2H3,(H,10,12,13). The van der Waals surface area contributed by atoms with Crippen molar-refractivity contribution in [1.29, 1.82) is 0 Å². The fraction of sp³-hybridized carbons (Fsp3) is 0.375. The molecule has 80 valence electrons. The fourth-order valence-corrected chi connectivity index (χ4v) is 1.20. The van der Waals surface area contributed by atoms with Crippen LogP contribution in [0.3, 0.4) is 0 Å². The first-order valence-corrected chi connectivity index (χ1v) is 4.88. The van der Waals surface area contributed by atoms with Crippen molar-refractivity contribution >= 4 is 23.4 Å². The zero-order valence-corrected chi connectivity index (χ0v) is 9.12. The Kier molecular flexibility index (Phi) is 2.59. The van der Waals surface area contributed by atoms with Gasteiger partial charge in [0.15, 0.2) is 5.82 Å². The molecule has 15 heavy (non-hydrogen) atoms. The van der Waals surface area contributed by atoms with E-state index in [9.17, 15) is 0 Å². The Morgan fingerprint density at radius 2 is 2.33 bits per heavy atom. The van der Waals surface area contributed by atoms with Crippen molar-refractivity contribution in [3.8, 4) is 0 Å². The summed E-state index contributed by atoms with van der Waals surface area (Å²) in [6.45, 7) is 1.95. The molecular formula is C8H10ClN5O. The van der Waals surface area contributed by atoms with E-state index < -0.39 is 0 Å². The van der Waals surface area contributed by atoms with Crippen molar-refractivity contribution < 1.29 is 4.42 Å². The van der Waals surface area contributed by atoms with Crippen LogP contribution in [0.4, 0.5) is 11.8 Å². The number of aryl methyl sites for hydroxylation is 2. The molecule has 0 aliphatic rings. The molecule has 2 rings (SSSR count). The highest BCUT2D eigenvalue weighted by Gasteiger charge is 2.07. The molecule has 1 N–H and O–H groups in total. The van der Waals surface area contributed by atoms with Crippen LogP contribution in [-0.4, -0.2) is 20.0 Å². The van der Waals surface area contributed by atoms with Gasteiger partial charge in [0.2, 0.25) is 5.89 Å². The predicted octanol–water partition coefficient (Wildman–Crippen LogP) is 1.59. The monoisotopic (exact) mass is 227 g/mol. The summed E-state index contributed by atoms with van der Waals surface area (Å²) in [5.74, 6) is 1.25. The van der Waals surface area contributed by atoms with Gasteiger partial charge in [0.1, 0.15) is 5.88 Å². The minimum atomic E-state index is 0.204. The molecule has 0 unspecified atom stereocenters. The molecule has 2 aromatic heterocycles. The van der Waals surface area contributed by atoms with Gasteiger partial charge in [-0.3, -0.25) is 10.00 Å². The number of halogens is 1. The molecule has 2 aromatic rings. The zero-order valence-electron chi connectivity index (χ0n) is 8.36. The van der Waals surface area contributed by atoms with E-state index in [1.165, 1.54) is 0 Å². The summed E-state index contributed by atoms with van der Waals surface area (Å²) >= 11 is 5.53. The molecular weight excluding hydrogens is 218 g/mol. The lowest BCUT2D eigenvalue weighted by atomic mass is 10.5. The molecule has 0 saturated carbocycles. The number of aromatic nitrogens is 4. The van der Waals surface area contributed by atoms with Crippen LogP contribution in [0.5, 0.6) is 0 Å². The number of alkyl halides is 1. The molecule has 0 saturated heterocycles. The number of nitrogens with one attached hydrogen (secondary N) is 1. The number of hydrogen-bond acceptors (Lipinski definition) is 5. The number of anilines is 2. The van der Waals surface area contributed by atoms with E-state index in [1.807, 2.05) is 20.0 Å². The van der Waals surface area contributed by atoms with Gasteiger partial charge in [0.05, 0.1) is 0 Å². The third-order valence-corrected chi connectivity index (χ3v) is 2.16. The first-order chi connectivity index (χ1) is 7.19. The number of rotatable bonds is 3. The Morgan fingerprint density at radius 1 is 1.53 bits per heavy atom. The Labute approximate surface area is 91.2 Å². The second-order valence-corrected chi connectivity index (χ2v) is 3.32. The first kappa shape index (κ1) is 9.97. The van der Waals surface area contributed by atoms with Gasteiger partial charge in [-0.2, -0.15) is 5.10 Å². The Balaban J connectivity index is 2.14. The van der Waals surface area contributed by atoms with Gasteiger partial charge in [0, 0.05) is 18.8 Å². The average molecular weight is 228 g/mol. The van der Waals surface area contributed by atoms with Crippen LogP contribution < -0.4 is 5.32 Å². The number of nitrogens with zero attached hydrogens (tertiary/aromatic N) is 4. The van der Waals surface area contributed by atoms with E-state index in [1.54, 1.807) is 4.68 Å². The van der Waals surface area contributed by atoms with Gasteiger partial charge < -0.3 is 4.42 Å². The molecule has 7 heteroatoms. The molecule has 0 aromatic carbocycles. The Bertz CT molecular complexity index is 444. The molecule has 0 amide bonds. The van der Waals surface area contributed by atoms with Gasteiger partial charge in [-0.15, -0.1) is 16.7 Å². The minimum Gasteiger partial charge on any atom is -0.407 e. The Morgan fingerprint density at radius 3 is 2.87 bits per heavy atom. The molecule has 0 fully saturated rings. The van der Waals surface area contributed by atoms with Crippen LogP contribution in [0.25, 0.3) is 0 Å². The van der Waals surface area contributed by atoms with Crippen molar-refractivity contribution in [2.24, 2.45) is 7.05 Å². The predicted molar refractivity (Wildman–Crippen MR) is 55.1 cm³/mol. The molecule has 0 aliphatic carbocycles. The lowest BCUT2D eigenvalue weighted by molar-refractivity contribution is 0.529. The first-order valence-electron chi connectivity index (χ1n) is 4.35. The molecule has 2 heterocycles. The van der Waals surface area contributed by atoms with Crippen LogP contribution >= 0.6 is 11.6 Å². The van der Waals surface area contributed by atoms with E-state index in [0.29, 0.717) is 17.7 Å². The summed E-state index contributed by atoms with van der Waals surface area (Å²) in [7, 11) is 1.86. The van der Waals surface area contributed by atoms with Crippen molar-refractivity contribution in [1.82, 2.24) is 20.0 Å².